The van der Waals surface area contributed by atoms with Gasteiger partial charge in [0.2, 0.25) is 0 Å². The Kier molecular flexibility index (Phi) is 4.24. The molecule has 0 radical (unpaired) electrons. The van der Waals surface area contributed by atoms with Crippen LogP contribution < -0.4 is 0 Å². The van der Waals surface area contributed by atoms with E-state index in [-0.39, 0.29) is 18.1 Å². The fourth-order valence-corrected chi connectivity index (χ4v) is 3.43. The molecule has 2 heterocycles. The quantitative estimate of drug-likeness (QED) is 0.669. The summed E-state index contributed by atoms with van der Waals surface area (Å²) >= 11 is 6.01. The number of halogens is 1. The highest BCUT2D eigenvalue weighted by atomic mass is 35.5. The molecular weight excluding hydrogens is 338 g/mol. The van der Waals surface area contributed by atoms with Gasteiger partial charge in [0.15, 0.2) is 5.76 Å². The second-order valence-electron chi connectivity index (χ2n) is 6.35. The Hall–Kier alpha value is -2.30. The van der Waals surface area contributed by atoms with Crippen LogP contribution in [0.5, 0.6) is 0 Å². The second-order valence-corrected chi connectivity index (χ2v) is 6.79. The summed E-state index contributed by atoms with van der Waals surface area (Å²) in [5.41, 5.74) is 1.73. The number of carbonyl (C=O) groups excluding carboxylic acids is 1. The Morgan fingerprint density at radius 3 is 2.72 bits per heavy atom. The topological polar surface area (TPSA) is 42.7 Å². The third-order valence-electron chi connectivity index (χ3n) is 4.41. The zero-order chi connectivity index (χ0) is 17.4. The number of ether oxygens (including phenoxy) is 1. The number of hydrogen-bond acceptors (Lipinski definition) is 3. The van der Waals surface area contributed by atoms with Crippen molar-refractivity contribution in [3.8, 4) is 0 Å². The first-order chi connectivity index (χ1) is 12.1. The fourth-order valence-electron chi connectivity index (χ4n) is 3.24. The van der Waals surface area contributed by atoms with Crippen molar-refractivity contribution in [2.24, 2.45) is 0 Å². The molecule has 0 aliphatic carbocycles. The summed E-state index contributed by atoms with van der Waals surface area (Å²) in [7, 11) is 0. The predicted octanol–water partition coefficient (Wildman–Crippen LogP) is 4.69. The third-order valence-corrected chi connectivity index (χ3v) is 4.64. The number of hydrogen-bond donors (Lipinski definition) is 0. The number of furan rings is 1. The average Bonchev–Trinajstić information content (AvgIpc) is 3.04. The summed E-state index contributed by atoms with van der Waals surface area (Å²) in [5, 5.41) is 1.45. The van der Waals surface area contributed by atoms with Crippen LogP contribution in [0.4, 0.5) is 0 Å². The van der Waals surface area contributed by atoms with Crippen LogP contribution in [0.15, 0.2) is 59.0 Å². The first-order valence-corrected chi connectivity index (χ1v) is 8.67. The van der Waals surface area contributed by atoms with E-state index in [0.717, 1.165) is 10.9 Å². The smallest absolute Gasteiger partial charge is 0.289 e. The highest BCUT2D eigenvalue weighted by Crippen LogP contribution is 2.28. The van der Waals surface area contributed by atoms with Crippen molar-refractivity contribution in [2.45, 2.75) is 19.1 Å². The van der Waals surface area contributed by atoms with E-state index in [0.29, 0.717) is 29.5 Å². The largest absolute Gasteiger partial charge is 0.451 e. The van der Waals surface area contributed by atoms with Gasteiger partial charge in [-0.1, -0.05) is 41.9 Å². The minimum Gasteiger partial charge on any atom is -0.451 e. The number of carbonyl (C=O) groups is 1. The molecule has 5 heteroatoms. The van der Waals surface area contributed by atoms with Gasteiger partial charge in [0.25, 0.3) is 5.91 Å². The molecule has 128 valence electrons. The maximum atomic E-state index is 12.9. The molecule has 0 spiro atoms. The van der Waals surface area contributed by atoms with E-state index in [2.05, 4.69) is 0 Å². The lowest BCUT2D eigenvalue weighted by Crippen LogP contribution is -2.45. The first kappa shape index (κ1) is 16.2. The van der Waals surface area contributed by atoms with Crippen molar-refractivity contribution >= 4 is 28.5 Å². The van der Waals surface area contributed by atoms with Crippen molar-refractivity contribution in [3.05, 3.63) is 70.9 Å². The van der Waals surface area contributed by atoms with Crippen molar-refractivity contribution < 1.29 is 13.9 Å². The summed E-state index contributed by atoms with van der Waals surface area (Å²) in [5.74, 6) is 0.210. The van der Waals surface area contributed by atoms with Crippen LogP contribution in [0.3, 0.4) is 0 Å². The molecule has 2 aromatic carbocycles. The van der Waals surface area contributed by atoms with Gasteiger partial charge in [-0.2, -0.15) is 0 Å². The van der Waals surface area contributed by atoms with Gasteiger partial charge in [0.1, 0.15) is 11.7 Å². The molecule has 25 heavy (non-hydrogen) atoms. The van der Waals surface area contributed by atoms with Gasteiger partial charge >= 0.3 is 0 Å². The Morgan fingerprint density at radius 1 is 1.12 bits per heavy atom. The number of morpholine rings is 1. The predicted molar refractivity (Wildman–Crippen MR) is 96.9 cm³/mol. The van der Waals surface area contributed by atoms with Gasteiger partial charge in [-0.05, 0) is 36.8 Å². The van der Waals surface area contributed by atoms with Crippen molar-refractivity contribution in [2.75, 3.05) is 13.1 Å². The van der Waals surface area contributed by atoms with Crippen LogP contribution in [-0.4, -0.2) is 30.0 Å². The molecule has 0 unspecified atom stereocenters. The maximum absolute atomic E-state index is 12.9. The van der Waals surface area contributed by atoms with E-state index in [9.17, 15) is 4.79 Å². The van der Waals surface area contributed by atoms with E-state index in [1.807, 2.05) is 37.3 Å². The van der Waals surface area contributed by atoms with Gasteiger partial charge in [-0.15, -0.1) is 0 Å². The van der Waals surface area contributed by atoms with Crippen LogP contribution >= 0.6 is 11.6 Å². The molecule has 4 nitrogen and oxygen atoms in total. The summed E-state index contributed by atoms with van der Waals surface area (Å²) in [6, 6.07) is 17.1. The van der Waals surface area contributed by atoms with E-state index in [1.165, 1.54) is 0 Å². The standard InChI is InChI=1S/C20H18ClNO3/c1-13-11-22(12-19(24-13)14-5-3-2-4-6-14)20(23)18-10-15-9-16(21)7-8-17(15)25-18/h2-10,13,19H,11-12H2,1H3/t13-,19+/m0/s1. The van der Waals surface area contributed by atoms with Crippen molar-refractivity contribution in [3.63, 3.8) is 0 Å². The van der Waals surface area contributed by atoms with Crippen LogP contribution in [-0.2, 0) is 4.74 Å². The lowest BCUT2D eigenvalue weighted by atomic mass is 10.1. The molecule has 3 aromatic rings. The van der Waals surface area contributed by atoms with Crippen LogP contribution in [0, 0.1) is 0 Å². The molecule has 1 aliphatic rings. The molecule has 1 fully saturated rings. The minimum atomic E-state index is -0.132. The highest BCUT2D eigenvalue weighted by molar-refractivity contribution is 6.31. The Labute approximate surface area is 150 Å². The van der Waals surface area contributed by atoms with Crippen molar-refractivity contribution in [1.82, 2.24) is 4.90 Å². The van der Waals surface area contributed by atoms with Gasteiger partial charge < -0.3 is 14.1 Å². The van der Waals surface area contributed by atoms with E-state index in [4.69, 9.17) is 20.8 Å². The monoisotopic (exact) mass is 355 g/mol. The third kappa shape index (κ3) is 3.28. The molecule has 0 N–H and O–H groups in total. The lowest BCUT2D eigenvalue weighted by molar-refractivity contribution is -0.0697. The Balaban J connectivity index is 1.59. The van der Waals surface area contributed by atoms with Crippen LogP contribution in [0.25, 0.3) is 11.0 Å². The normalized spacial score (nSPS) is 20.8. The molecule has 0 bridgehead atoms. The van der Waals surface area contributed by atoms with Gasteiger partial charge in [0.05, 0.1) is 12.6 Å². The second kappa shape index (κ2) is 6.54. The van der Waals surface area contributed by atoms with Crippen LogP contribution in [0.1, 0.15) is 29.1 Å². The van der Waals surface area contributed by atoms with Crippen LogP contribution in [0.2, 0.25) is 5.02 Å². The summed E-state index contributed by atoms with van der Waals surface area (Å²) in [6.07, 6.45) is -0.172. The van der Waals surface area contributed by atoms with E-state index in [1.54, 1.807) is 29.2 Å². The number of rotatable bonds is 2. The molecule has 2 atom stereocenters. The minimum absolute atomic E-state index is 0.0401. The van der Waals surface area contributed by atoms with E-state index >= 15 is 0 Å². The fraction of sp³-hybridized carbons (Fsp3) is 0.250. The number of nitrogens with zero attached hydrogens (tertiary/aromatic N) is 1. The molecule has 0 saturated carbocycles. The number of fused-ring (bicyclic) bond motifs is 1. The molecule has 1 amide bonds. The molecule has 4 rings (SSSR count). The Morgan fingerprint density at radius 2 is 1.92 bits per heavy atom. The lowest BCUT2D eigenvalue weighted by Gasteiger charge is -2.36. The zero-order valence-electron chi connectivity index (χ0n) is 13.8. The SMILES string of the molecule is C[C@H]1CN(C(=O)c2cc3cc(Cl)ccc3o2)C[C@H](c2ccccc2)O1. The average molecular weight is 356 g/mol. The summed E-state index contributed by atoms with van der Waals surface area (Å²) in [4.78, 5) is 14.7. The van der Waals surface area contributed by atoms with Gasteiger partial charge in [-0.3, -0.25) is 4.79 Å². The molecule has 1 saturated heterocycles. The van der Waals surface area contributed by atoms with Crippen molar-refractivity contribution in [1.29, 1.82) is 0 Å². The Bertz CT molecular complexity index is 906. The molecule has 1 aromatic heterocycles. The molecular formula is C20H18ClNO3. The highest BCUT2D eigenvalue weighted by Gasteiger charge is 2.31. The number of benzene rings is 2. The molecule has 1 aliphatic heterocycles. The summed E-state index contributed by atoms with van der Waals surface area (Å²) in [6.45, 7) is 3.03. The van der Waals surface area contributed by atoms with Gasteiger partial charge in [0, 0.05) is 17.0 Å². The summed E-state index contributed by atoms with van der Waals surface area (Å²) < 4.78 is 11.7. The van der Waals surface area contributed by atoms with E-state index < -0.39 is 0 Å². The first-order valence-electron chi connectivity index (χ1n) is 8.29. The maximum Gasteiger partial charge on any atom is 0.289 e. The zero-order valence-corrected chi connectivity index (χ0v) is 14.6. The van der Waals surface area contributed by atoms with Gasteiger partial charge in [-0.25, -0.2) is 0 Å². The number of amides is 1.